The van der Waals surface area contributed by atoms with Gasteiger partial charge in [0.25, 0.3) is 0 Å². The summed E-state index contributed by atoms with van der Waals surface area (Å²) in [6.45, 7) is 1.53. The molecule has 0 N–H and O–H groups in total. The van der Waals surface area contributed by atoms with Gasteiger partial charge in [0.05, 0.1) is 0 Å². The molecule has 0 spiro atoms. The zero-order valence-electron chi connectivity index (χ0n) is 5.44. The Hall–Kier alpha value is -0.730. The fourth-order valence-corrected chi connectivity index (χ4v) is 0.833. The second kappa shape index (κ2) is 2.48. The summed E-state index contributed by atoms with van der Waals surface area (Å²) >= 11 is 0. The molecule has 1 unspecified atom stereocenters. The van der Waals surface area contributed by atoms with E-state index in [0.29, 0.717) is 5.57 Å². The van der Waals surface area contributed by atoms with E-state index in [1.54, 1.807) is 0 Å². The Kier molecular flexibility index (Phi) is 1.83. The van der Waals surface area contributed by atoms with Crippen LogP contribution in [0.1, 0.15) is 6.92 Å². The minimum absolute atomic E-state index is 0.430. The highest BCUT2D eigenvalue weighted by molar-refractivity contribution is 5.28. The molecule has 0 aromatic rings. The highest BCUT2D eigenvalue weighted by Gasteiger charge is 2.26. The third-order valence-corrected chi connectivity index (χ3v) is 1.33. The van der Waals surface area contributed by atoms with E-state index in [0.717, 1.165) is 12.2 Å². The molecule has 1 rings (SSSR count). The quantitative estimate of drug-likeness (QED) is 0.495. The lowest BCUT2D eigenvalue weighted by atomic mass is 10.0. The Morgan fingerprint density at radius 2 is 2.00 bits per heavy atom. The van der Waals surface area contributed by atoms with Crippen LogP contribution in [0.4, 0.5) is 13.2 Å². The summed E-state index contributed by atoms with van der Waals surface area (Å²) in [5.74, 6) is -1.02. The van der Waals surface area contributed by atoms with Crippen LogP contribution in [-0.4, -0.2) is 12.3 Å². The van der Waals surface area contributed by atoms with E-state index >= 15 is 0 Å². The molecule has 0 bridgehead atoms. The summed E-state index contributed by atoms with van der Waals surface area (Å²) in [4.78, 5) is 0. The average molecular weight is 148 g/mol. The van der Waals surface area contributed by atoms with Crippen LogP contribution in [0, 0.1) is 0 Å². The molecule has 0 aromatic heterocycles. The molecule has 1 aliphatic carbocycles. The van der Waals surface area contributed by atoms with Crippen LogP contribution < -0.4 is 0 Å². The molecule has 0 fully saturated rings. The van der Waals surface area contributed by atoms with Crippen molar-refractivity contribution >= 4 is 0 Å². The molecule has 56 valence electrons. The van der Waals surface area contributed by atoms with Gasteiger partial charge in [-0.25, -0.2) is 13.2 Å². The molecule has 0 aromatic carbocycles. The van der Waals surface area contributed by atoms with Gasteiger partial charge in [-0.15, -0.1) is 0 Å². The lowest BCUT2D eigenvalue weighted by Crippen LogP contribution is -2.18. The minimum atomic E-state index is -2.09. The topological polar surface area (TPSA) is 0 Å². The molecule has 2 atom stereocenters. The molecule has 0 saturated carbocycles. The summed E-state index contributed by atoms with van der Waals surface area (Å²) in [6.07, 6.45) is -1.84. The Morgan fingerprint density at radius 1 is 1.40 bits per heavy atom. The molecule has 0 saturated heterocycles. The van der Waals surface area contributed by atoms with E-state index in [2.05, 4.69) is 0 Å². The SMILES string of the molecule is CC1=CC(F)[C@H](F)C(F)=C1. The molecule has 0 heterocycles. The lowest BCUT2D eigenvalue weighted by Gasteiger charge is -2.13. The zero-order chi connectivity index (χ0) is 7.72. The largest absolute Gasteiger partial charge is 0.239 e. The molecule has 0 aliphatic heterocycles. The van der Waals surface area contributed by atoms with E-state index < -0.39 is 18.2 Å². The van der Waals surface area contributed by atoms with Crippen molar-refractivity contribution in [2.75, 3.05) is 0 Å². The standard InChI is InChI=1S/C7H7F3/c1-4-2-5(8)7(10)6(9)3-4/h2-3,5,7H,1H3/t5?,7-/m0/s1. The van der Waals surface area contributed by atoms with Crippen molar-refractivity contribution in [2.24, 2.45) is 0 Å². The Bertz CT molecular complexity index is 193. The van der Waals surface area contributed by atoms with Crippen molar-refractivity contribution < 1.29 is 13.2 Å². The molecule has 10 heavy (non-hydrogen) atoms. The number of allylic oxidation sites excluding steroid dienone is 4. The van der Waals surface area contributed by atoms with E-state index in [-0.39, 0.29) is 0 Å². The summed E-state index contributed by atoms with van der Waals surface area (Å²) in [6, 6.07) is 0. The highest BCUT2D eigenvalue weighted by atomic mass is 19.2. The van der Waals surface area contributed by atoms with Gasteiger partial charge < -0.3 is 0 Å². The van der Waals surface area contributed by atoms with Gasteiger partial charge >= 0.3 is 0 Å². The Labute approximate surface area is 57.0 Å². The third kappa shape index (κ3) is 1.23. The van der Waals surface area contributed by atoms with Gasteiger partial charge in [-0.2, -0.15) is 0 Å². The summed E-state index contributed by atoms with van der Waals surface area (Å²) in [5, 5.41) is 0. The maximum atomic E-state index is 12.3. The van der Waals surface area contributed by atoms with Gasteiger partial charge in [0.1, 0.15) is 5.83 Å². The van der Waals surface area contributed by atoms with Gasteiger partial charge in [0.2, 0.25) is 0 Å². The van der Waals surface area contributed by atoms with Crippen LogP contribution in [0.5, 0.6) is 0 Å². The van der Waals surface area contributed by atoms with Crippen molar-refractivity contribution in [2.45, 2.75) is 19.3 Å². The second-order valence-corrected chi connectivity index (χ2v) is 2.29. The molecule has 0 nitrogen and oxygen atoms in total. The van der Waals surface area contributed by atoms with Gasteiger partial charge in [-0.1, -0.05) is 0 Å². The normalized spacial score (nSPS) is 33.2. The van der Waals surface area contributed by atoms with Crippen LogP contribution in [0.15, 0.2) is 23.6 Å². The van der Waals surface area contributed by atoms with Crippen molar-refractivity contribution in [3.63, 3.8) is 0 Å². The fraction of sp³-hybridized carbons (Fsp3) is 0.429. The molecule has 0 amide bonds. The minimum Gasteiger partial charge on any atom is -0.239 e. The van der Waals surface area contributed by atoms with E-state index in [9.17, 15) is 13.2 Å². The Morgan fingerprint density at radius 3 is 2.50 bits per heavy atom. The van der Waals surface area contributed by atoms with Gasteiger partial charge in [0.15, 0.2) is 12.3 Å². The van der Waals surface area contributed by atoms with E-state index in [1.165, 1.54) is 6.92 Å². The third-order valence-electron chi connectivity index (χ3n) is 1.33. The lowest BCUT2D eigenvalue weighted by molar-refractivity contribution is 0.205. The number of alkyl halides is 2. The number of rotatable bonds is 0. The van der Waals surface area contributed by atoms with Gasteiger partial charge in [0, 0.05) is 0 Å². The van der Waals surface area contributed by atoms with Crippen LogP contribution in [0.25, 0.3) is 0 Å². The van der Waals surface area contributed by atoms with Crippen molar-refractivity contribution in [3.8, 4) is 0 Å². The fourth-order valence-electron chi connectivity index (χ4n) is 0.833. The summed E-state index contributed by atoms with van der Waals surface area (Å²) in [5.41, 5.74) is 0.430. The number of hydrogen-bond acceptors (Lipinski definition) is 0. The van der Waals surface area contributed by atoms with Crippen molar-refractivity contribution in [1.82, 2.24) is 0 Å². The number of halogens is 3. The first-order valence-corrected chi connectivity index (χ1v) is 2.95. The Balaban J connectivity index is 2.85. The van der Waals surface area contributed by atoms with Crippen LogP contribution in [0.2, 0.25) is 0 Å². The molecular formula is C7H7F3. The smallest absolute Gasteiger partial charge is 0.186 e. The molecular weight excluding hydrogens is 141 g/mol. The zero-order valence-corrected chi connectivity index (χ0v) is 5.44. The maximum Gasteiger partial charge on any atom is 0.186 e. The predicted octanol–water partition coefficient (Wildman–Crippen LogP) is 2.48. The first kappa shape index (κ1) is 7.38. The van der Waals surface area contributed by atoms with E-state index in [4.69, 9.17) is 0 Å². The van der Waals surface area contributed by atoms with Crippen molar-refractivity contribution in [1.29, 1.82) is 0 Å². The maximum absolute atomic E-state index is 12.3. The van der Waals surface area contributed by atoms with Gasteiger partial charge in [-0.3, -0.25) is 0 Å². The van der Waals surface area contributed by atoms with Crippen LogP contribution in [0.3, 0.4) is 0 Å². The first-order chi connectivity index (χ1) is 4.61. The molecule has 1 aliphatic rings. The average Bonchev–Trinajstić information content (AvgIpc) is 1.82. The molecule has 3 heteroatoms. The molecule has 0 radical (unpaired) electrons. The highest BCUT2D eigenvalue weighted by Crippen LogP contribution is 2.23. The second-order valence-electron chi connectivity index (χ2n) is 2.29. The van der Waals surface area contributed by atoms with E-state index in [1.807, 2.05) is 0 Å². The van der Waals surface area contributed by atoms with Crippen molar-refractivity contribution in [3.05, 3.63) is 23.6 Å². The summed E-state index contributed by atoms with van der Waals surface area (Å²) < 4.78 is 36.9. The van der Waals surface area contributed by atoms with Crippen LogP contribution >= 0.6 is 0 Å². The predicted molar refractivity (Wildman–Crippen MR) is 32.7 cm³/mol. The number of hydrogen-bond donors (Lipinski definition) is 0. The summed E-state index contributed by atoms with van der Waals surface area (Å²) in [7, 11) is 0. The van der Waals surface area contributed by atoms with Crippen LogP contribution in [-0.2, 0) is 0 Å². The monoisotopic (exact) mass is 148 g/mol. The van der Waals surface area contributed by atoms with Gasteiger partial charge in [-0.05, 0) is 24.6 Å². The first-order valence-electron chi connectivity index (χ1n) is 2.95.